The number of rotatable bonds is 1. The van der Waals surface area contributed by atoms with Crippen molar-refractivity contribution >= 4 is 0 Å². The van der Waals surface area contributed by atoms with Gasteiger partial charge in [0.1, 0.15) is 0 Å². The molecule has 1 fully saturated rings. The lowest BCUT2D eigenvalue weighted by Gasteiger charge is -2.48. The third-order valence-electron chi connectivity index (χ3n) is 3.62. The maximum absolute atomic E-state index is 9.30. The van der Waals surface area contributed by atoms with Gasteiger partial charge in [-0.25, -0.2) is 0 Å². The molecule has 0 aliphatic carbocycles. The first-order valence-electron chi connectivity index (χ1n) is 5.63. The Kier molecular flexibility index (Phi) is 3.27. The van der Waals surface area contributed by atoms with Crippen LogP contribution in [0.2, 0.25) is 0 Å². The first-order valence-corrected chi connectivity index (χ1v) is 5.63. The second kappa shape index (κ2) is 3.82. The second-order valence-corrected chi connectivity index (χ2v) is 6.25. The summed E-state index contributed by atoms with van der Waals surface area (Å²) >= 11 is 0. The number of aliphatic hydroxyl groups is 1. The first kappa shape index (κ1) is 12.0. The van der Waals surface area contributed by atoms with Crippen molar-refractivity contribution < 1.29 is 5.11 Å². The molecule has 14 heavy (non-hydrogen) atoms. The molecule has 1 aliphatic heterocycles. The van der Waals surface area contributed by atoms with Gasteiger partial charge in [0.15, 0.2) is 0 Å². The van der Waals surface area contributed by atoms with E-state index in [1.54, 1.807) is 0 Å². The van der Waals surface area contributed by atoms with Crippen molar-refractivity contribution in [1.29, 1.82) is 0 Å². The van der Waals surface area contributed by atoms with Gasteiger partial charge in [-0.15, -0.1) is 0 Å². The van der Waals surface area contributed by atoms with Crippen LogP contribution in [0.25, 0.3) is 0 Å². The Hall–Kier alpha value is -0.0800. The van der Waals surface area contributed by atoms with Crippen molar-refractivity contribution in [3.63, 3.8) is 0 Å². The molecule has 1 N–H and O–H groups in total. The fourth-order valence-electron chi connectivity index (χ4n) is 2.31. The average Bonchev–Trinajstić information content (AvgIpc) is 2.00. The molecular formula is C12H25NO. The smallest absolute Gasteiger partial charge is 0.0465 e. The fourth-order valence-corrected chi connectivity index (χ4v) is 2.31. The van der Waals surface area contributed by atoms with E-state index in [1.165, 1.54) is 0 Å². The van der Waals surface area contributed by atoms with Crippen LogP contribution in [0.4, 0.5) is 0 Å². The minimum atomic E-state index is 0.250. The lowest BCUT2D eigenvalue weighted by atomic mass is 9.73. The van der Waals surface area contributed by atoms with Gasteiger partial charge in [-0.1, -0.05) is 13.8 Å². The van der Waals surface area contributed by atoms with Gasteiger partial charge in [0, 0.05) is 18.7 Å². The van der Waals surface area contributed by atoms with Crippen LogP contribution in [0.1, 0.15) is 41.0 Å². The predicted molar refractivity (Wildman–Crippen MR) is 60.3 cm³/mol. The molecule has 1 atom stereocenters. The zero-order valence-electron chi connectivity index (χ0n) is 10.3. The van der Waals surface area contributed by atoms with E-state index in [0.717, 1.165) is 19.5 Å². The molecule has 0 radical (unpaired) electrons. The molecule has 2 nitrogen and oxygen atoms in total. The molecule has 0 aromatic heterocycles. The molecule has 1 saturated heterocycles. The topological polar surface area (TPSA) is 23.5 Å². The number of hydrogen-bond acceptors (Lipinski definition) is 2. The van der Waals surface area contributed by atoms with Gasteiger partial charge in [0.25, 0.3) is 0 Å². The van der Waals surface area contributed by atoms with Crippen molar-refractivity contribution in [3.8, 4) is 0 Å². The van der Waals surface area contributed by atoms with E-state index in [0.29, 0.717) is 12.5 Å². The Morgan fingerprint density at radius 1 is 1.36 bits per heavy atom. The minimum absolute atomic E-state index is 0.250. The highest BCUT2D eigenvalue weighted by Crippen LogP contribution is 2.36. The number of aliphatic hydroxyl groups excluding tert-OH is 1. The van der Waals surface area contributed by atoms with Crippen LogP contribution < -0.4 is 0 Å². The summed E-state index contributed by atoms with van der Waals surface area (Å²) in [6.07, 6.45) is 1.13. The zero-order chi connectivity index (χ0) is 11.0. The molecule has 1 rings (SSSR count). The second-order valence-electron chi connectivity index (χ2n) is 6.25. The molecule has 0 aromatic carbocycles. The highest BCUT2D eigenvalue weighted by molar-refractivity contribution is 4.91. The van der Waals surface area contributed by atoms with Gasteiger partial charge >= 0.3 is 0 Å². The summed E-state index contributed by atoms with van der Waals surface area (Å²) in [7, 11) is 0. The third kappa shape index (κ3) is 2.48. The van der Waals surface area contributed by atoms with Crippen LogP contribution in [-0.2, 0) is 0 Å². The number of piperidine rings is 1. The van der Waals surface area contributed by atoms with Crippen LogP contribution in [0.5, 0.6) is 0 Å². The SMILES string of the molecule is CC1(C)CN(C(C)(C)C)CCC1CO. The maximum atomic E-state index is 9.30. The van der Waals surface area contributed by atoms with Gasteiger partial charge in [0.2, 0.25) is 0 Å². The molecule has 2 heteroatoms. The van der Waals surface area contributed by atoms with Crippen molar-refractivity contribution in [2.24, 2.45) is 11.3 Å². The molecule has 1 aliphatic rings. The predicted octanol–water partition coefficient (Wildman–Crippen LogP) is 2.13. The van der Waals surface area contributed by atoms with E-state index in [4.69, 9.17) is 0 Å². The van der Waals surface area contributed by atoms with E-state index in [1.807, 2.05) is 0 Å². The van der Waals surface area contributed by atoms with Gasteiger partial charge in [-0.2, -0.15) is 0 Å². The van der Waals surface area contributed by atoms with Crippen LogP contribution in [0, 0.1) is 11.3 Å². The van der Waals surface area contributed by atoms with Crippen molar-refractivity contribution in [2.75, 3.05) is 19.7 Å². The molecule has 1 heterocycles. The molecule has 84 valence electrons. The summed E-state index contributed by atoms with van der Waals surface area (Å²) in [6.45, 7) is 13.9. The Bertz CT molecular complexity index is 193. The number of hydrogen-bond donors (Lipinski definition) is 1. The standard InChI is InChI=1S/C12H25NO/c1-11(2,3)13-7-6-10(8-14)12(4,5)9-13/h10,14H,6-9H2,1-5H3. The Balaban J connectivity index is 2.67. The molecule has 0 bridgehead atoms. The summed E-state index contributed by atoms with van der Waals surface area (Å²) in [6, 6.07) is 0. The summed E-state index contributed by atoms with van der Waals surface area (Å²) in [5.41, 5.74) is 0.512. The normalized spacial score (nSPS) is 29.1. The Morgan fingerprint density at radius 3 is 2.29 bits per heavy atom. The lowest BCUT2D eigenvalue weighted by molar-refractivity contribution is -0.0179. The van der Waals surface area contributed by atoms with Crippen LogP contribution in [0.3, 0.4) is 0 Å². The van der Waals surface area contributed by atoms with Gasteiger partial charge in [-0.3, -0.25) is 4.90 Å². The van der Waals surface area contributed by atoms with Crippen molar-refractivity contribution in [3.05, 3.63) is 0 Å². The number of nitrogens with zero attached hydrogens (tertiary/aromatic N) is 1. The Morgan fingerprint density at radius 2 is 1.93 bits per heavy atom. The van der Waals surface area contributed by atoms with E-state index in [9.17, 15) is 5.11 Å². The van der Waals surface area contributed by atoms with Gasteiger partial charge < -0.3 is 5.11 Å². The summed E-state index contributed by atoms with van der Waals surface area (Å²) in [5, 5.41) is 9.30. The van der Waals surface area contributed by atoms with Gasteiger partial charge in [-0.05, 0) is 45.1 Å². The van der Waals surface area contributed by atoms with E-state index >= 15 is 0 Å². The van der Waals surface area contributed by atoms with E-state index in [-0.39, 0.29) is 11.0 Å². The maximum Gasteiger partial charge on any atom is 0.0465 e. The largest absolute Gasteiger partial charge is 0.396 e. The van der Waals surface area contributed by atoms with Crippen molar-refractivity contribution in [1.82, 2.24) is 4.90 Å². The molecular weight excluding hydrogens is 174 g/mol. The fraction of sp³-hybridized carbons (Fsp3) is 1.00. The highest BCUT2D eigenvalue weighted by atomic mass is 16.3. The van der Waals surface area contributed by atoms with Crippen LogP contribution in [0.15, 0.2) is 0 Å². The highest BCUT2D eigenvalue weighted by Gasteiger charge is 2.38. The average molecular weight is 199 g/mol. The van der Waals surface area contributed by atoms with Crippen LogP contribution >= 0.6 is 0 Å². The third-order valence-corrected chi connectivity index (χ3v) is 3.62. The molecule has 1 unspecified atom stereocenters. The monoisotopic (exact) mass is 199 g/mol. The van der Waals surface area contributed by atoms with E-state index in [2.05, 4.69) is 39.5 Å². The lowest BCUT2D eigenvalue weighted by Crippen LogP contribution is -2.53. The number of likely N-dealkylation sites (tertiary alicyclic amines) is 1. The summed E-state index contributed by atoms with van der Waals surface area (Å²) in [4.78, 5) is 2.53. The summed E-state index contributed by atoms with van der Waals surface area (Å²) < 4.78 is 0. The summed E-state index contributed by atoms with van der Waals surface area (Å²) in [5.74, 6) is 0.473. The molecule has 0 saturated carbocycles. The quantitative estimate of drug-likeness (QED) is 0.699. The van der Waals surface area contributed by atoms with E-state index < -0.39 is 0 Å². The zero-order valence-corrected chi connectivity index (χ0v) is 10.3. The first-order chi connectivity index (χ1) is 6.27. The molecule has 0 spiro atoms. The molecule has 0 amide bonds. The van der Waals surface area contributed by atoms with Crippen molar-refractivity contribution in [2.45, 2.75) is 46.6 Å². The Labute approximate surface area is 88.3 Å². The van der Waals surface area contributed by atoms with Gasteiger partial charge in [0.05, 0.1) is 0 Å². The minimum Gasteiger partial charge on any atom is -0.396 e. The molecule has 0 aromatic rings. The van der Waals surface area contributed by atoms with Crippen LogP contribution in [-0.4, -0.2) is 35.2 Å².